The van der Waals surface area contributed by atoms with E-state index in [2.05, 4.69) is 60.8 Å². The van der Waals surface area contributed by atoms with Gasteiger partial charge in [0.2, 0.25) is 0 Å². The second-order valence-electron chi connectivity index (χ2n) is 10.6. The summed E-state index contributed by atoms with van der Waals surface area (Å²) < 4.78 is 11.9. The molecular formula is C31H35N6O3P. The highest BCUT2D eigenvalue weighted by molar-refractivity contribution is 7.64. The summed E-state index contributed by atoms with van der Waals surface area (Å²) in [4.78, 5) is 21.5. The first-order chi connectivity index (χ1) is 19.5. The molecule has 0 spiro atoms. The van der Waals surface area contributed by atoms with E-state index >= 15 is 0 Å². The molecule has 0 unspecified atom stereocenters. The zero-order chi connectivity index (χ0) is 29.7. The molecule has 0 fully saturated rings. The molecule has 0 aliphatic rings. The molecule has 1 aromatic heterocycles. The number of nitrogens with zero attached hydrogens (tertiary/aromatic N) is 2. The lowest BCUT2D eigenvalue weighted by molar-refractivity contribution is 0.262. The van der Waals surface area contributed by atoms with Crippen LogP contribution in [0.3, 0.4) is 0 Å². The Kier molecular flexibility index (Phi) is 8.89. The van der Waals surface area contributed by atoms with Gasteiger partial charge in [-0.2, -0.15) is 0 Å². The molecular weight excluding hydrogens is 535 g/mol. The molecule has 0 atom stereocenters. The molecule has 212 valence electrons. The molecule has 3 aromatic carbocycles. The Hall–Kier alpha value is -4.49. The van der Waals surface area contributed by atoms with Crippen molar-refractivity contribution in [3.8, 4) is 17.2 Å². The van der Waals surface area contributed by atoms with E-state index in [0.717, 1.165) is 27.9 Å². The number of nitrogens with one attached hydrogen (secondary N) is 3. The Labute approximate surface area is 241 Å². The van der Waals surface area contributed by atoms with Crippen molar-refractivity contribution in [1.82, 2.24) is 4.98 Å². The van der Waals surface area contributed by atoms with Crippen molar-refractivity contribution in [2.75, 3.05) is 31.1 Å². The fourth-order valence-corrected chi connectivity index (χ4v) is 5.26. The van der Waals surface area contributed by atoms with Gasteiger partial charge in [-0.3, -0.25) is 0 Å². The SMILES string of the molecule is COc1c(NC(=O)Nc2ccc(Oc3ccnc(N=C(N)C=N)c3)c3ccccc23)cc(C(C)(C)C)cc1P(C)C. The molecule has 10 heteroatoms. The first kappa shape index (κ1) is 29.5. The minimum Gasteiger partial charge on any atom is -0.494 e. The summed E-state index contributed by atoms with van der Waals surface area (Å²) in [5, 5.41) is 16.0. The highest BCUT2D eigenvalue weighted by Gasteiger charge is 2.22. The topological polar surface area (TPSA) is 135 Å². The van der Waals surface area contributed by atoms with Crippen molar-refractivity contribution < 1.29 is 14.3 Å². The third kappa shape index (κ3) is 6.99. The van der Waals surface area contributed by atoms with Crippen LogP contribution in [-0.2, 0) is 5.41 Å². The number of carbonyl (C=O) groups is 1. The van der Waals surface area contributed by atoms with Gasteiger partial charge >= 0.3 is 6.03 Å². The number of amides is 2. The maximum atomic E-state index is 13.3. The highest BCUT2D eigenvalue weighted by atomic mass is 31.1. The maximum absolute atomic E-state index is 13.3. The van der Waals surface area contributed by atoms with Crippen molar-refractivity contribution in [3.05, 3.63) is 72.4 Å². The number of hydrogen-bond acceptors (Lipinski definition) is 6. The highest BCUT2D eigenvalue weighted by Crippen LogP contribution is 2.39. The van der Waals surface area contributed by atoms with Crippen molar-refractivity contribution in [2.45, 2.75) is 26.2 Å². The maximum Gasteiger partial charge on any atom is 0.323 e. The van der Waals surface area contributed by atoms with Gasteiger partial charge in [-0.25, -0.2) is 14.8 Å². The lowest BCUT2D eigenvalue weighted by Crippen LogP contribution is -2.23. The predicted octanol–water partition coefficient (Wildman–Crippen LogP) is 6.98. The number of aliphatic imine (C=N–C) groups is 1. The number of urea groups is 1. The van der Waals surface area contributed by atoms with Crippen LogP contribution in [0.4, 0.5) is 22.0 Å². The quantitative estimate of drug-likeness (QED) is 0.103. The van der Waals surface area contributed by atoms with Crippen LogP contribution in [-0.4, -0.2) is 43.5 Å². The lowest BCUT2D eigenvalue weighted by atomic mass is 9.86. The van der Waals surface area contributed by atoms with Crippen molar-refractivity contribution in [1.29, 1.82) is 5.41 Å². The van der Waals surface area contributed by atoms with Gasteiger partial charge in [0.25, 0.3) is 0 Å². The Bertz CT molecular complexity index is 1630. The molecule has 0 saturated heterocycles. The zero-order valence-corrected chi connectivity index (χ0v) is 25.0. The molecule has 41 heavy (non-hydrogen) atoms. The molecule has 0 saturated carbocycles. The smallest absolute Gasteiger partial charge is 0.323 e. The van der Waals surface area contributed by atoms with Gasteiger partial charge in [0.05, 0.1) is 24.7 Å². The molecule has 4 rings (SSSR count). The molecule has 4 aromatic rings. The van der Waals surface area contributed by atoms with Crippen LogP contribution in [0, 0.1) is 5.41 Å². The first-order valence-corrected chi connectivity index (χ1v) is 15.2. The lowest BCUT2D eigenvalue weighted by Gasteiger charge is -2.25. The van der Waals surface area contributed by atoms with E-state index in [0.29, 0.717) is 34.4 Å². The minimum absolute atomic E-state index is 0.0398. The van der Waals surface area contributed by atoms with Crippen molar-refractivity contribution >= 4 is 59.3 Å². The van der Waals surface area contributed by atoms with Gasteiger partial charge in [-0.1, -0.05) is 53.0 Å². The summed E-state index contributed by atoms with van der Waals surface area (Å²) in [5.74, 6) is 2.15. The first-order valence-electron chi connectivity index (χ1n) is 13.0. The van der Waals surface area contributed by atoms with Crippen LogP contribution in [0.5, 0.6) is 17.2 Å². The summed E-state index contributed by atoms with van der Waals surface area (Å²) in [6, 6.07) is 18.4. The number of fused-ring (bicyclic) bond motifs is 1. The number of nitrogens with two attached hydrogens (primary N) is 1. The van der Waals surface area contributed by atoms with E-state index in [1.54, 1.807) is 37.6 Å². The third-order valence-electron chi connectivity index (χ3n) is 6.34. The summed E-state index contributed by atoms with van der Waals surface area (Å²) in [6.07, 6.45) is 2.51. The van der Waals surface area contributed by atoms with E-state index in [4.69, 9.17) is 20.6 Å². The molecule has 0 radical (unpaired) electrons. The second kappa shape index (κ2) is 12.4. The number of anilines is 2. The van der Waals surface area contributed by atoms with Gasteiger partial charge in [0.15, 0.2) is 5.82 Å². The van der Waals surface area contributed by atoms with Crippen LogP contribution < -0.4 is 31.1 Å². The van der Waals surface area contributed by atoms with Crippen LogP contribution >= 0.6 is 7.92 Å². The third-order valence-corrected chi connectivity index (χ3v) is 7.63. The second-order valence-corrected chi connectivity index (χ2v) is 12.9. The number of pyridine rings is 1. The molecule has 9 nitrogen and oxygen atoms in total. The standard InChI is InChI=1S/C31H35N6O3P/c1-31(2,3)19-15-24(29(39-4)26(16-19)41(5)6)36-30(38)35-23-11-12-25(22-10-8-7-9-21(22)23)40-20-13-14-34-28(17-20)37-27(33)18-32/h7-18,32H,1-6H3,(H2,33,34,37)(H2,35,36,38). The average molecular weight is 571 g/mol. The normalized spacial score (nSPS) is 11.8. The van der Waals surface area contributed by atoms with Crippen molar-refractivity contribution in [2.24, 2.45) is 10.7 Å². The van der Waals surface area contributed by atoms with Gasteiger partial charge in [-0.05, 0) is 54.6 Å². The summed E-state index contributed by atoms with van der Waals surface area (Å²) in [7, 11) is 1.16. The largest absolute Gasteiger partial charge is 0.494 e. The van der Waals surface area contributed by atoms with Crippen LogP contribution in [0.1, 0.15) is 26.3 Å². The van der Waals surface area contributed by atoms with Gasteiger partial charge in [-0.15, -0.1) is 0 Å². The van der Waals surface area contributed by atoms with E-state index < -0.39 is 7.92 Å². The fraction of sp³-hybridized carbons (Fsp3) is 0.226. The predicted molar refractivity (Wildman–Crippen MR) is 171 cm³/mol. The summed E-state index contributed by atoms with van der Waals surface area (Å²) >= 11 is 0. The molecule has 2 amide bonds. The number of methoxy groups -OCH3 is 1. The van der Waals surface area contributed by atoms with Crippen LogP contribution in [0.25, 0.3) is 10.8 Å². The zero-order valence-electron chi connectivity index (χ0n) is 24.1. The van der Waals surface area contributed by atoms with Gasteiger partial charge in [0, 0.05) is 28.3 Å². The number of rotatable bonds is 8. The molecule has 0 aliphatic heterocycles. The average Bonchev–Trinajstić information content (AvgIpc) is 2.93. The van der Waals surface area contributed by atoms with E-state index in [1.807, 2.05) is 30.3 Å². The number of benzene rings is 3. The number of ether oxygens (including phenoxy) is 2. The van der Waals surface area contributed by atoms with Crippen LogP contribution in [0.2, 0.25) is 0 Å². The summed E-state index contributed by atoms with van der Waals surface area (Å²) in [6.45, 7) is 10.8. The van der Waals surface area contributed by atoms with E-state index in [1.165, 1.54) is 0 Å². The Morgan fingerprint density at radius 3 is 2.39 bits per heavy atom. The molecule has 0 bridgehead atoms. The summed E-state index contributed by atoms with van der Waals surface area (Å²) in [5.41, 5.74) is 7.92. The van der Waals surface area contributed by atoms with E-state index in [9.17, 15) is 4.79 Å². The monoisotopic (exact) mass is 570 g/mol. The van der Waals surface area contributed by atoms with Crippen molar-refractivity contribution in [3.63, 3.8) is 0 Å². The number of amidine groups is 1. The van der Waals surface area contributed by atoms with E-state index in [-0.39, 0.29) is 17.3 Å². The number of aromatic nitrogens is 1. The van der Waals surface area contributed by atoms with Crippen LogP contribution in [0.15, 0.2) is 71.9 Å². The molecule has 0 aliphatic carbocycles. The Morgan fingerprint density at radius 2 is 1.73 bits per heavy atom. The molecule has 5 N–H and O–H groups in total. The Balaban J connectivity index is 1.63. The van der Waals surface area contributed by atoms with Gasteiger partial charge < -0.3 is 31.3 Å². The molecule has 1 heterocycles. The Morgan fingerprint density at radius 1 is 1.02 bits per heavy atom. The number of carbonyl (C=O) groups excluding carboxylic acids is 1. The number of hydrogen-bond donors (Lipinski definition) is 4. The minimum atomic E-state index is -0.469. The van der Waals surface area contributed by atoms with Gasteiger partial charge in [0.1, 0.15) is 23.1 Å². The fourth-order valence-electron chi connectivity index (χ4n) is 4.25.